The lowest BCUT2D eigenvalue weighted by Crippen LogP contribution is -2.14. The molecular formula is C4H10O2S. The van der Waals surface area contributed by atoms with E-state index >= 15 is 0 Å². The lowest BCUT2D eigenvalue weighted by Gasteiger charge is -2.13. The summed E-state index contributed by atoms with van der Waals surface area (Å²) in [5.41, 5.74) is -0.237. The van der Waals surface area contributed by atoms with Crippen LogP contribution in [0.5, 0.6) is 0 Å². The van der Waals surface area contributed by atoms with Gasteiger partial charge in [-0.05, 0) is 20.8 Å². The van der Waals surface area contributed by atoms with Crippen molar-refractivity contribution in [3.05, 3.63) is 0 Å². The molecule has 0 radical (unpaired) electrons. The van der Waals surface area contributed by atoms with Crippen LogP contribution in [0.15, 0.2) is 0 Å². The van der Waals surface area contributed by atoms with Crippen LogP contribution < -0.4 is 0 Å². The molecule has 0 atom stereocenters. The second-order valence-corrected chi connectivity index (χ2v) is 2.59. The largest absolute Gasteiger partial charge is 0.307 e. The van der Waals surface area contributed by atoms with Gasteiger partial charge in [0.15, 0.2) is 12.3 Å². The third kappa shape index (κ3) is 6.27. The quantitative estimate of drug-likeness (QED) is 0.539. The maximum Gasteiger partial charge on any atom is 0.156 e. The van der Waals surface area contributed by atoms with Crippen molar-refractivity contribution in [3.63, 3.8) is 0 Å². The van der Waals surface area contributed by atoms with Crippen LogP contribution >= 0.6 is 12.3 Å². The zero-order chi connectivity index (χ0) is 5.91. The van der Waals surface area contributed by atoms with Gasteiger partial charge >= 0.3 is 0 Å². The fourth-order valence-corrected chi connectivity index (χ4v) is 0.335. The SMILES string of the molecule is CC(C)(C)OSO. The zero-order valence-electron chi connectivity index (χ0n) is 4.76. The summed E-state index contributed by atoms with van der Waals surface area (Å²) in [7, 11) is 0. The monoisotopic (exact) mass is 122 g/mol. The van der Waals surface area contributed by atoms with Gasteiger partial charge in [-0.3, -0.25) is 4.18 Å². The van der Waals surface area contributed by atoms with Crippen molar-refractivity contribution in [1.82, 2.24) is 0 Å². The molecule has 0 fully saturated rings. The average molecular weight is 122 g/mol. The van der Waals surface area contributed by atoms with Crippen molar-refractivity contribution < 1.29 is 8.74 Å². The highest BCUT2D eigenvalue weighted by molar-refractivity contribution is 7.88. The standard InChI is InChI=1S/C4H10O2S/c1-4(2,3)6-7-5/h5H,1-3H3. The highest BCUT2D eigenvalue weighted by Crippen LogP contribution is 2.12. The van der Waals surface area contributed by atoms with E-state index in [-0.39, 0.29) is 5.60 Å². The fourth-order valence-electron chi connectivity index (χ4n) is 0.112. The van der Waals surface area contributed by atoms with Gasteiger partial charge < -0.3 is 4.55 Å². The highest BCUT2D eigenvalue weighted by atomic mass is 32.2. The van der Waals surface area contributed by atoms with Crippen molar-refractivity contribution in [2.45, 2.75) is 26.4 Å². The van der Waals surface area contributed by atoms with Crippen molar-refractivity contribution in [2.75, 3.05) is 0 Å². The molecule has 0 aliphatic carbocycles. The molecule has 0 unspecified atom stereocenters. The van der Waals surface area contributed by atoms with E-state index in [1.165, 1.54) is 0 Å². The van der Waals surface area contributed by atoms with Gasteiger partial charge in [0.05, 0.1) is 5.60 Å². The molecule has 0 heterocycles. The molecule has 0 aromatic rings. The number of hydrogen-bond acceptors (Lipinski definition) is 3. The number of rotatable bonds is 1. The fraction of sp³-hybridized carbons (Fsp3) is 1.00. The van der Waals surface area contributed by atoms with E-state index in [0.29, 0.717) is 12.3 Å². The van der Waals surface area contributed by atoms with Gasteiger partial charge in [-0.15, -0.1) is 0 Å². The molecule has 1 N–H and O–H groups in total. The Bertz CT molecular complexity index is 48.1. The van der Waals surface area contributed by atoms with Crippen LogP contribution in [0.25, 0.3) is 0 Å². The van der Waals surface area contributed by atoms with E-state index < -0.39 is 0 Å². The Labute approximate surface area is 48.3 Å². The Morgan fingerprint density at radius 2 is 1.86 bits per heavy atom. The van der Waals surface area contributed by atoms with Crippen LogP contribution in [0, 0.1) is 0 Å². The minimum absolute atomic E-state index is 0.237. The maximum atomic E-state index is 8.10. The second kappa shape index (κ2) is 2.55. The first-order chi connectivity index (χ1) is 3.06. The molecule has 0 amide bonds. The van der Waals surface area contributed by atoms with Crippen LogP contribution in [0.2, 0.25) is 0 Å². The van der Waals surface area contributed by atoms with E-state index in [2.05, 4.69) is 0 Å². The summed E-state index contributed by atoms with van der Waals surface area (Å²) in [5.74, 6) is 0. The van der Waals surface area contributed by atoms with E-state index in [1.54, 1.807) is 0 Å². The van der Waals surface area contributed by atoms with E-state index in [4.69, 9.17) is 8.74 Å². The maximum absolute atomic E-state index is 8.10. The summed E-state index contributed by atoms with van der Waals surface area (Å²) in [4.78, 5) is 0. The van der Waals surface area contributed by atoms with Crippen molar-refractivity contribution in [1.29, 1.82) is 0 Å². The van der Waals surface area contributed by atoms with Gasteiger partial charge in [0, 0.05) is 0 Å². The Hall–Kier alpha value is 0.270. The molecule has 0 aromatic carbocycles. The first-order valence-electron chi connectivity index (χ1n) is 2.05. The summed E-state index contributed by atoms with van der Waals surface area (Å²) in [6.07, 6.45) is 0. The lowest BCUT2D eigenvalue weighted by molar-refractivity contribution is 0.152. The molecule has 0 saturated carbocycles. The van der Waals surface area contributed by atoms with Gasteiger partial charge in [0.2, 0.25) is 0 Å². The summed E-state index contributed by atoms with van der Waals surface area (Å²) in [6, 6.07) is 0. The molecule has 0 rings (SSSR count). The van der Waals surface area contributed by atoms with Crippen molar-refractivity contribution >= 4 is 12.3 Å². The highest BCUT2D eigenvalue weighted by Gasteiger charge is 2.08. The summed E-state index contributed by atoms with van der Waals surface area (Å²) >= 11 is 0.409. The van der Waals surface area contributed by atoms with Crippen LogP contribution in [0.3, 0.4) is 0 Å². The van der Waals surface area contributed by atoms with Crippen LogP contribution in [0.4, 0.5) is 0 Å². The van der Waals surface area contributed by atoms with Gasteiger partial charge in [-0.2, -0.15) is 0 Å². The third-order valence-corrected chi connectivity index (χ3v) is 0.862. The Morgan fingerprint density at radius 3 is 1.86 bits per heavy atom. The molecule has 0 aliphatic heterocycles. The van der Waals surface area contributed by atoms with Gasteiger partial charge in [0.1, 0.15) is 0 Å². The van der Waals surface area contributed by atoms with Gasteiger partial charge in [0.25, 0.3) is 0 Å². The first-order valence-corrected chi connectivity index (χ1v) is 2.75. The summed E-state index contributed by atoms with van der Waals surface area (Å²) < 4.78 is 12.8. The predicted molar refractivity (Wildman–Crippen MR) is 31.1 cm³/mol. The van der Waals surface area contributed by atoms with Crippen LogP contribution in [0.1, 0.15) is 20.8 Å². The van der Waals surface area contributed by atoms with Crippen molar-refractivity contribution in [2.24, 2.45) is 0 Å². The lowest BCUT2D eigenvalue weighted by atomic mass is 10.2. The Morgan fingerprint density at radius 1 is 1.43 bits per heavy atom. The molecular weight excluding hydrogens is 112 g/mol. The topological polar surface area (TPSA) is 29.5 Å². The van der Waals surface area contributed by atoms with E-state index in [0.717, 1.165) is 0 Å². The minimum Gasteiger partial charge on any atom is -0.307 e. The molecule has 0 saturated heterocycles. The normalized spacial score (nSPS) is 12.0. The van der Waals surface area contributed by atoms with Crippen LogP contribution in [-0.4, -0.2) is 10.2 Å². The summed E-state index contributed by atoms with van der Waals surface area (Å²) in [6.45, 7) is 5.61. The molecule has 2 nitrogen and oxygen atoms in total. The molecule has 0 bridgehead atoms. The van der Waals surface area contributed by atoms with E-state index in [1.807, 2.05) is 20.8 Å². The summed E-state index contributed by atoms with van der Waals surface area (Å²) in [5, 5.41) is 0. The van der Waals surface area contributed by atoms with E-state index in [9.17, 15) is 0 Å². The predicted octanol–water partition coefficient (Wildman–Crippen LogP) is 1.92. The third-order valence-electron chi connectivity index (χ3n) is 0.287. The van der Waals surface area contributed by atoms with Gasteiger partial charge in [-0.25, -0.2) is 0 Å². The zero-order valence-corrected chi connectivity index (χ0v) is 5.58. The molecule has 7 heavy (non-hydrogen) atoms. The number of hydrogen-bond donors (Lipinski definition) is 1. The van der Waals surface area contributed by atoms with Crippen molar-refractivity contribution in [3.8, 4) is 0 Å². The van der Waals surface area contributed by atoms with Crippen LogP contribution in [-0.2, 0) is 4.18 Å². The first kappa shape index (κ1) is 7.27. The Kier molecular flexibility index (Phi) is 2.64. The molecule has 44 valence electrons. The minimum atomic E-state index is -0.237. The Balaban J connectivity index is 3.15. The smallest absolute Gasteiger partial charge is 0.156 e. The molecule has 0 aliphatic rings. The molecule has 0 aromatic heterocycles. The molecule has 0 spiro atoms. The average Bonchev–Trinajstić information content (AvgIpc) is 1.30. The molecule has 3 heteroatoms. The second-order valence-electron chi connectivity index (χ2n) is 2.27. The van der Waals surface area contributed by atoms with Gasteiger partial charge in [-0.1, -0.05) is 0 Å².